The zero-order valence-corrected chi connectivity index (χ0v) is 17.9. The lowest BCUT2D eigenvalue weighted by molar-refractivity contribution is 0.0714. The number of halogens is 1. The molecule has 1 fully saturated rings. The summed E-state index contributed by atoms with van der Waals surface area (Å²) >= 11 is 7.91. The number of hydrogen-bond acceptors (Lipinski definition) is 6. The Morgan fingerprint density at radius 1 is 1.07 bits per heavy atom. The molecule has 1 saturated heterocycles. The summed E-state index contributed by atoms with van der Waals surface area (Å²) in [5.74, 6) is 1.12. The molecule has 0 saturated carbocycles. The van der Waals surface area contributed by atoms with Crippen molar-refractivity contribution >= 4 is 44.9 Å². The zero-order chi connectivity index (χ0) is 20.7. The molecule has 1 amide bonds. The third kappa shape index (κ3) is 3.34. The number of hydrogen-bond donors (Lipinski definition) is 0. The Morgan fingerprint density at radius 2 is 1.83 bits per heavy atom. The molecule has 0 atom stereocenters. The Labute approximate surface area is 182 Å². The first kappa shape index (κ1) is 19.1. The van der Waals surface area contributed by atoms with Gasteiger partial charge in [-0.1, -0.05) is 30.3 Å². The van der Waals surface area contributed by atoms with Gasteiger partial charge in [0.25, 0.3) is 5.91 Å². The van der Waals surface area contributed by atoms with Gasteiger partial charge >= 0.3 is 0 Å². The van der Waals surface area contributed by atoms with Crippen LogP contribution in [0.2, 0.25) is 5.28 Å². The SMILES string of the molecule is Cc1sc2nc(Cl)nc(N3CCN(C(=O)c4ccco4)CC3)c2c1-c1ccccc1. The second-order valence-corrected chi connectivity index (χ2v) is 8.69. The molecule has 0 bridgehead atoms. The molecule has 30 heavy (non-hydrogen) atoms. The van der Waals surface area contributed by atoms with E-state index >= 15 is 0 Å². The molecule has 1 aromatic carbocycles. The van der Waals surface area contributed by atoms with Crippen molar-refractivity contribution in [1.29, 1.82) is 0 Å². The summed E-state index contributed by atoms with van der Waals surface area (Å²) in [4.78, 5) is 27.7. The van der Waals surface area contributed by atoms with Gasteiger partial charge in [-0.3, -0.25) is 4.79 Å². The number of benzene rings is 1. The summed E-state index contributed by atoms with van der Waals surface area (Å²) in [5, 5.41) is 1.27. The first-order valence-corrected chi connectivity index (χ1v) is 10.9. The van der Waals surface area contributed by atoms with Crippen LogP contribution in [0.5, 0.6) is 0 Å². The highest BCUT2D eigenvalue weighted by atomic mass is 35.5. The van der Waals surface area contributed by atoms with Gasteiger partial charge in [-0.05, 0) is 36.2 Å². The molecular formula is C22H19ClN4O2S. The number of nitrogens with zero attached hydrogens (tertiary/aromatic N) is 4. The van der Waals surface area contributed by atoms with Crippen LogP contribution in [0.4, 0.5) is 5.82 Å². The van der Waals surface area contributed by atoms with Crippen LogP contribution < -0.4 is 4.90 Å². The van der Waals surface area contributed by atoms with E-state index in [0.717, 1.165) is 27.2 Å². The van der Waals surface area contributed by atoms with E-state index in [0.29, 0.717) is 31.9 Å². The smallest absolute Gasteiger partial charge is 0.289 e. The van der Waals surface area contributed by atoms with E-state index in [1.165, 1.54) is 11.1 Å². The molecule has 0 unspecified atom stereocenters. The Kier molecular flexibility index (Phi) is 4.92. The number of furan rings is 1. The van der Waals surface area contributed by atoms with Crippen molar-refractivity contribution in [1.82, 2.24) is 14.9 Å². The molecule has 4 heterocycles. The monoisotopic (exact) mass is 438 g/mol. The van der Waals surface area contributed by atoms with Crippen LogP contribution in [0, 0.1) is 6.92 Å². The average molecular weight is 439 g/mol. The van der Waals surface area contributed by atoms with Crippen LogP contribution in [0.25, 0.3) is 21.3 Å². The van der Waals surface area contributed by atoms with E-state index in [-0.39, 0.29) is 11.2 Å². The molecule has 5 rings (SSSR count). The number of amides is 1. The lowest BCUT2D eigenvalue weighted by atomic mass is 10.0. The fourth-order valence-corrected chi connectivity index (χ4v) is 5.18. The van der Waals surface area contributed by atoms with E-state index in [1.54, 1.807) is 23.5 Å². The van der Waals surface area contributed by atoms with Crippen LogP contribution in [0.3, 0.4) is 0 Å². The maximum Gasteiger partial charge on any atom is 0.289 e. The average Bonchev–Trinajstić information content (AvgIpc) is 3.41. The van der Waals surface area contributed by atoms with E-state index in [2.05, 4.69) is 33.9 Å². The normalized spacial score (nSPS) is 14.5. The second-order valence-electron chi connectivity index (χ2n) is 7.15. The summed E-state index contributed by atoms with van der Waals surface area (Å²) in [6, 6.07) is 13.7. The fraction of sp³-hybridized carbons (Fsp3) is 0.227. The number of fused-ring (bicyclic) bond motifs is 1. The van der Waals surface area contributed by atoms with Crippen LogP contribution >= 0.6 is 22.9 Å². The van der Waals surface area contributed by atoms with Crippen molar-refractivity contribution in [3.05, 3.63) is 64.6 Å². The highest BCUT2D eigenvalue weighted by Gasteiger charge is 2.27. The van der Waals surface area contributed by atoms with Crippen LogP contribution in [0.15, 0.2) is 53.1 Å². The van der Waals surface area contributed by atoms with Gasteiger partial charge in [0, 0.05) is 36.6 Å². The Balaban J connectivity index is 1.50. The van der Waals surface area contributed by atoms with Gasteiger partial charge < -0.3 is 14.2 Å². The van der Waals surface area contributed by atoms with Crippen molar-refractivity contribution in [3.63, 3.8) is 0 Å². The summed E-state index contributed by atoms with van der Waals surface area (Å²) < 4.78 is 5.26. The first-order chi connectivity index (χ1) is 14.6. The van der Waals surface area contributed by atoms with Crippen LogP contribution in [-0.2, 0) is 0 Å². The van der Waals surface area contributed by atoms with E-state index in [4.69, 9.17) is 16.0 Å². The predicted molar refractivity (Wildman–Crippen MR) is 119 cm³/mol. The molecule has 1 aliphatic heterocycles. The van der Waals surface area contributed by atoms with Gasteiger partial charge in [-0.15, -0.1) is 11.3 Å². The molecule has 0 N–H and O–H groups in total. The van der Waals surface area contributed by atoms with E-state index in [1.807, 2.05) is 23.1 Å². The fourth-order valence-electron chi connectivity index (χ4n) is 3.93. The van der Waals surface area contributed by atoms with Crippen LogP contribution in [0.1, 0.15) is 15.4 Å². The standard InChI is InChI=1S/C22H19ClN4O2S/c1-14-17(15-6-3-2-4-7-15)18-19(24-22(23)25-20(18)30-14)26-9-11-27(12-10-26)21(28)16-8-5-13-29-16/h2-8,13H,9-12H2,1H3. The Hall–Kier alpha value is -2.90. The second kappa shape index (κ2) is 7.74. The minimum Gasteiger partial charge on any atom is -0.459 e. The molecule has 3 aromatic heterocycles. The zero-order valence-electron chi connectivity index (χ0n) is 16.3. The molecule has 152 valence electrons. The van der Waals surface area contributed by atoms with Crippen molar-refractivity contribution in [2.75, 3.05) is 31.1 Å². The summed E-state index contributed by atoms with van der Waals surface area (Å²) in [6.07, 6.45) is 1.52. The number of piperazine rings is 1. The molecule has 1 aliphatic rings. The number of thiophene rings is 1. The van der Waals surface area contributed by atoms with Crippen molar-refractivity contribution in [2.24, 2.45) is 0 Å². The number of aryl methyl sites for hydroxylation is 1. The molecular weight excluding hydrogens is 420 g/mol. The van der Waals surface area contributed by atoms with E-state index < -0.39 is 0 Å². The lowest BCUT2D eigenvalue weighted by Gasteiger charge is -2.35. The van der Waals surface area contributed by atoms with Gasteiger partial charge in [0.05, 0.1) is 11.6 Å². The number of carbonyl (C=O) groups excluding carboxylic acids is 1. The van der Waals surface area contributed by atoms with Crippen molar-refractivity contribution < 1.29 is 9.21 Å². The topological polar surface area (TPSA) is 62.5 Å². The molecule has 0 spiro atoms. The minimum absolute atomic E-state index is 0.0816. The Morgan fingerprint density at radius 3 is 2.53 bits per heavy atom. The Bertz CT molecular complexity index is 1200. The molecule has 8 heteroatoms. The van der Waals surface area contributed by atoms with Crippen LogP contribution in [-0.4, -0.2) is 47.0 Å². The van der Waals surface area contributed by atoms with Crippen molar-refractivity contribution in [3.8, 4) is 11.1 Å². The number of rotatable bonds is 3. The molecule has 6 nitrogen and oxygen atoms in total. The molecule has 0 radical (unpaired) electrons. The van der Waals surface area contributed by atoms with Gasteiger partial charge in [-0.2, -0.15) is 4.98 Å². The maximum atomic E-state index is 12.6. The van der Waals surface area contributed by atoms with Gasteiger partial charge in [0.1, 0.15) is 10.6 Å². The third-order valence-corrected chi connectivity index (χ3v) is 6.51. The summed E-state index contributed by atoms with van der Waals surface area (Å²) in [6.45, 7) is 4.61. The summed E-state index contributed by atoms with van der Waals surface area (Å²) in [7, 11) is 0. The maximum absolute atomic E-state index is 12.6. The molecule has 0 aliphatic carbocycles. The highest BCUT2D eigenvalue weighted by Crippen LogP contribution is 2.42. The first-order valence-electron chi connectivity index (χ1n) is 9.71. The third-order valence-electron chi connectivity index (χ3n) is 5.34. The summed E-state index contributed by atoms with van der Waals surface area (Å²) in [5.41, 5.74) is 2.29. The lowest BCUT2D eigenvalue weighted by Crippen LogP contribution is -2.49. The largest absolute Gasteiger partial charge is 0.459 e. The van der Waals surface area contributed by atoms with E-state index in [9.17, 15) is 4.79 Å². The minimum atomic E-state index is -0.0816. The number of anilines is 1. The highest BCUT2D eigenvalue weighted by molar-refractivity contribution is 7.19. The van der Waals surface area contributed by atoms with Gasteiger partial charge in [-0.25, -0.2) is 4.98 Å². The van der Waals surface area contributed by atoms with Gasteiger partial charge in [0.2, 0.25) is 5.28 Å². The quantitative estimate of drug-likeness (QED) is 0.427. The van der Waals surface area contributed by atoms with Crippen molar-refractivity contribution in [2.45, 2.75) is 6.92 Å². The van der Waals surface area contributed by atoms with Gasteiger partial charge in [0.15, 0.2) is 5.76 Å². The predicted octanol–water partition coefficient (Wildman–Crippen LogP) is 4.88. The molecule has 4 aromatic rings. The number of aromatic nitrogens is 2. The number of carbonyl (C=O) groups is 1.